The lowest BCUT2D eigenvalue weighted by molar-refractivity contribution is 0.245. The van der Waals surface area contributed by atoms with Gasteiger partial charge in [0.15, 0.2) is 0 Å². The molecule has 5 nitrogen and oxygen atoms in total. The van der Waals surface area contributed by atoms with Gasteiger partial charge in [0.2, 0.25) is 0 Å². The first kappa shape index (κ1) is 16.4. The maximum atomic E-state index is 12.7. The second-order valence-corrected chi connectivity index (χ2v) is 6.86. The van der Waals surface area contributed by atoms with E-state index in [1.165, 1.54) is 0 Å². The Morgan fingerprint density at radius 1 is 1.15 bits per heavy atom. The van der Waals surface area contributed by atoms with E-state index >= 15 is 0 Å². The van der Waals surface area contributed by atoms with E-state index in [0.29, 0.717) is 5.56 Å². The van der Waals surface area contributed by atoms with Crippen molar-refractivity contribution in [2.45, 2.75) is 32.4 Å². The zero-order valence-corrected chi connectivity index (χ0v) is 14.7. The molecule has 4 rings (SSSR count). The van der Waals surface area contributed by atoms with Crippen LogP contribution in [0, 0.1) is 6.92 Å². The largest absolute Gasteiger partial charge is 0.335 e. The van der Waals surface area contributed by atoms with Gasteiger partial charge < -0.3 is 10.3 Å². The van der Waals surface area contributed by atoms with E-state index in [2.05, 4.69) is 10.3 Å². The molecule has 1 heterocycles. The first-order valence-corrected chi connectivity index (χ1v) is 8.86. The summed E-state index contributed by atoms with van der Waals surface area (Å²) in [5.41, 5.74) is 3.11. The molecule has 1 aliphatic carbocycles. The van der Waals surface area contributed by atoms with Crippen LogP contribution in [-0.2, 0) is 6.54 Å². The molecule has 1 saturated carbocycles. The number of amides is 2. The molecule has 2 N–H and O–H groups in total. The van der Waals surface area contributed by atoms with E-state index in [1.807, 2.05) is 61.5 Å². The Morgan fingerprint density at radius 2 is 1.92 bits per heavy atom. The van der Waals surface area contributed by atoms with Gasteiger partial charge in [-0.2, -0.15) is 0 Å². The summed E-state index contributed by atoms with van der Waals surface area (Å²) in [5, 5.41) is 3.98. The number of aryl methyl sites for hydroxylation is 1. The number of carbonyl (C=O) groups is 1. The summed E-state index contributed by atoms with van der Waals surface area (Å²) in [6.45, 7) is 2.24. The average Bonchev–Trinajstić information content (AvgIpc) is 3.45. The number of pyridine rings is 1. The molecule has 132 valence electrons. The molecule has 2 amide bonds. The first-order chi connectivity index (χ1) is 12.6. The van der Waals surface area contributed by atoms with Crippen molar-refractivity contribution in [3.63, 3.8) is 0 Å². The van der Waals surface area contributed by atoms with Crippen LogP contribution in [0.1, 0.15) is 24.0 Å². The molecule has 0 atom stereocenters. The Morgan fingerprint density at radius 3 is 2.65 bits per heavy atom. The maximum Gasteiger partial charge on any atom is 0.322 e. The van der Waals surface area contributed by atoms with Gasteiger partial charge in [0.1, 0.15) is 0 Å². The molecule has 0 saturated heterocycles. The predicted molar refractivity (Wildman–Crippen MR) is 103 cm³/mol. The number of fused-ring (bicyclic) bond motifs is 1. The number of para-hydroxylation sites is 1. The SMILES string of the molecule is Cc1ccc2[nH]c(=O)c(CN(C(=O)NC3CC3)c3ccccc3)cc2c1. The van der Waals surface area contributed by atoms with E-state index in [9.17, 15) is 9.59 Å². The first-order valence-electron chi connectivity index (χ1n) is 8.86. The number of carbonyl (C=O) groups excluding carboxylic acids is 1. The lowest BCUT2D eigenvalue weighted by Crippen LogP contribution is -2.41. The van der Waals surface area contributed by atoms with Crippen molar-refractivity contribution in [2.75, 3.05) is 4.90 Å². The Balaban J connectivity index is 1.70. The van der Waals surface area contributed by atoms with E-state index in [-0.39, 0.29) is 24.2 Å². The number of aromatic nitrogens is 1. The third kappa shape index (κ3) is 3.47. The number of H-pyrrole nitrogens is 1. The Kier molecular flexibility index (Phi) is 4.21. The van der Waals surface area contributed by atoms with Crippen molar-refractivity contribution in [1.82, 2.24) is 10.3 Å². The third-order valence-corrected chi connectivity index (χ3v) is 4.62. The quantitative estimate of drug-likeness (QED) is 0.755. The number of aromatic amines is 1. The minimum absolute atomic E-state index is 0.164. The standard InChI is InChI=1S/C21H21N3O2/c1-14-7-10-19-15(11-14)12-16(20(25)23-19)13-24(18-5-3-2-4-6-18)21(26)22-17-8-9-17/h2-7,10-12,17H,8-9,13H2,1H3,(H,22,26)(H,23,25). The van der Waals surface area contributed by atoms with Gasteiger partial charge in [-0.15, -0.1) is 0 Å². The lowest BCUT2D eigenvalue weighted by Gasteiger charge is -2.23. The molecular weight excluding hydrogens is 326 g/mol. The molecule has 0 spiro atoms. The number of nitrogens with zero attached hydrogens (tertiary/aromatic N) is 1. The zero-order valence-electron chi connectivity index (χ0n) is 14.7. The Labute approximate surface area is 151 Å². The van der Waals surface area contributed by atoms with Gasteiger partial charge in [-0.3, -0.25) is 9.69 Å². The van der Waals surface area contributed by atoms with Crippen molar-refractivity contribution in [3.8, 4) is 0 Å². The number of nitrogens with one attached hydrogen (secondary N) is 2. The molecule has 0 aliphatic heterocycles. The van der Waals surface area contributed by atoms with Crippen molar-refractivity contribution >= 4 is 22.6 Å². The van der Waals surface area contributed by atoms with E-state index in [1.54, 1.807) is 4.90 Å². The maximum absolute atomic E-state index is 12.7. The van der Waals surface area contributed by atoms with Crippen LogP contribution in [0.2, 0.25) is 0 Å². The Hall–Kier alpha value is -3.08. The minimum atomic E-state index is -0.165. The summed E-state index contributed by atoms with van der Waals surface area (Å²) in [6, 6.07) is 17.3. The van der Waals surface area contributed by atoms with Crippen molar-refractivity contribution in [2.24, 2.45) is 0 Å². The predicted octanol–water partition coefficient (Wildman–Crippen LogP) is 3.72. The normalized spacial score (nSPS) is 13.6. The van der Waals surface area contributed by atoms with Crippen LogP contribution < -0.4 is 15.8 Å². The second kappa shape index (κ2) is 6.67. The fourth-order valence-corrected chi connectivity index (χ4v) is 3.03. The lowest BCUT2D eigenvalue weighted by atomic mass is 10.1. The van der Waals surface area contributed by atoms with Crippen LogP contribution in [-0.4, -0.2) is 17.1 Å². The second-order valence-electron chi connectivity index (χ2n) is 6.86. The van der Waals surface area contributed by atoms with Gasteiger partial charge in [-0.25, -0.2) is 4.79 Å². The van der Waals surface area contributed by atoms with Crippen LogP contribution in [0.25, 0.3) is 10.9 Å². The highest BCUT2D eigenvalue weighted by Crippen LogP contribution is 2.22. The van der Waals surface area contributed by atoms with Gasteiger partial charge >= 0.3 is 6.03 Å². The molecule has 1 aromatic heterocycles. The van der Waals surface area contributed by atoms with Gasteiger partial charge in [0.25, 0.3) is 5.56 Å². The molecule has 1 aliphatic rings. The van der Waals surface area contributed by atoms with Crippen LogP contribution in [0.4, 0.5) is 10.5 Å². The van der Waals surface area contributed by atoms with E-state index < -0.39 is 0 Å². The van der Waals surface area contributed by atoms with Crippen LogP contribution in [0.5, 0.6) is 0 Å². The molecule has 2 aromatic carbocycles. The fraction of sp³-hybridized carbons (Fsp3) is 0.238. The molecular formula is C21H21N3O2. The fourth-order valence-electron chi connectivity index (χ4n) is 3.03. The molecule has 0 bridgehead atoms. The summed E-state index contributed by atoms with van der Waals surface area (Å²) in [7, 11) is 0. The average molecular weight is 347 g/mol. The summed E-state index contributed by atoms with van der Waals surface area (Å²) in [5.74, 6) is 0. The number of hydrogen-bond acceptors (Lipinski definition) is 2. The van der Waals surface area contributed by atoms with Crippen LogP contribution >= 0.6 is 0 Å². The monoisotopic (exact) mass is 347 g/mol. The topological polar surface area (TPSA) is 65.2 Å². The van der Waals surface area contributed by atoms with Gasteiger partial charge in [0.05, 0.1) is 6.54 Å². The number of hydrogen-bond donors (Lipinski definition) is 2. The number of anilines is 1. The number of urea groups is 1. The molecule has 1 fully saturated rings. The van der Waals surface area contributed by atoms with Crippen LogP contribution in [0.3, 0.4) is 0 Å². The summed E-state index contributed by atoms with van der Waals surface area (Å²) >= 11 is 0. The third-order valence-electron chi connectivity index (χ3n) is 4.62. The Bertz CT molecular complexity index is 1010. The molecule has 5 heteroatoms. The van der Waals surface area contributed by atoms with Gasteiger partial charge in [0, 0.05) is 22.8 Å². The van der Waals surface area contributed by atoms with E-state index in [4.69, 9.17) is 0 Å². The van der Waals surface area contributed by atoms with Crippen molar-refractivity contribution < 1.29 is 4.79 Å². The van der Waals surface area contributed by atoms with Crippen LogP contribution in [0.15, 0.2) is 59.4 Å². The highest BCUT2D eigenvalue weighted by atomic mass is 16.2. The molecule has 0 unspecified atom stereocenters. The van der Waals surface area contributed by atoms with Gasteiger partial charge in [-0.1, -0.05) is 29.8 Å². The smallest absolute Gasteiger partial charge is 0.322 e. The highest BCUT2D eigenvalue weighted by Gasteiger charge is 2.27. The molecule has 3 aromatic rings. The zero-order chi connectivity index (χ0) is 18.1. The number of rotatable bonds is 4. The summed E-state index contributed by atoms with van der Waals surface area (Å²) < 4.78 is 0. The summed E-state index contributed by atoms with van der Waals surface area (Å²) in [6.07, 6.45) is 2.04. The van der Waals surface area contributed by atoms with Crippen molar-refractivity contribution in [1.29, 1.82) is 0 Å². The van der Waals surface area contributed by atoms with E-state index in [0.717, 1.165) is 35.0 Å². The summed E-state index contributed by atoms with van der Waals surface area (Å²) in [4.78, 5) is 29.8. The highest BCUT2D eigenvalue weighted by molar-refractivity contribution is 5.92. The number of benzene rings is 2. The minimum Gasteiger partial charge on any atom is -0.335 e. The molecule has 26 heavy (non-hydrogen) atoms. The molecule has 0 radical (unpaired) electrons. The van der Waals surface area contributed by atoms with Crippen molar-refractivity contribution in [3.05, 3.63) is 76.1 Å². The van der Waals surface area contributed by atoms with Gasteiger partial charge in [-0.05, 0) is 55.5 Å².